The number of ether oxygens (including phenoxy) is 1. The number of hydrogen-bond donors (Lipinski definition) is 2. The number of halogens is 6. The maximum Gasteiger partial charge on any atom is 0.421 e. The summed E-state index contributed by atoms with van der Waals surface area (Å²) in [7, 11) is -2.37. The minimum atomic E-state index is -4.97. The summed E-state index contributed by atoms with van der Waals surface area (Å²) in [5, 5.41) is -2.20. The number of hydrogen-bond acceptors (Lipinski definition) is 5. The first kappa shape index (κ1) is 17.8. The summed E-state index contributed by atoms with van der Waals surface area (Å²) in [5.74, 6) is -1.63. The molecular formula is C11H7Cl2F4N3O2S. The molecule has 5 nitrogen and oxygen atoms in total. The summed E-state index contributed by atoms with van der Waals surface area (Å²) in [5.41, 5.74) is 3.90. The molecule has 2 rings (SSSR count). The van der Waals surface area contributed by atoms with Crippen LogP contribution in [-0.4, -0.2) is 22.1 Å². The van der Waals surface area contributed by atoms with Gasteiger partial charge in [-0.15, -0.1) is 10.9 Å². The van der Waals surface area contributed by atoms with Crippen molar-refractivity contribution in [1.29, 1.82) is 0 Å². The molecule has 2 N–H and O–H groups in total. The highest BCUT2D eigenvalue weighted by Crippen LogP contribution is 2.57. The van der Waals surface area contributed by atoms with Crippen LogP contribution in [0, 0.1) is 0 Å². The maximum absolute atomic E-state index is 14.1. The van der Waals surface area contributed by atoms with Crippen molar-refractivity contribution in [2.24, 2.45) is 0 Å². The van der Waals surface area contributed by atoms with Gasteiger partial charge in [0.15, 0.2) is 16.1 Å². The first-order chi connectivity index (χ1) is 10.5. The highest BCUT2D eigenvalue weighted by Gasteiger charge is 2.44. The molecule has 0 spiro atoms. The van der Waals surface area contributed by atoms with Gasteiger partial charge in [0, 0.05) is 6.92 Å². The van der Waals surface area contributed by atoms with Crippen LogP contribution in [0.5, 0.6) is 5.88 Å². The van der Waals surface area contributed by atoms with Gasteiger partial charge in [0.1, 0.15) is 10.6 Å². The van der Waals surface area contributed by atoms with Crippen molar-refractivity contribution in [1.82, 2.24) is 9.97 Å². The minimum absolute atomic E-state index is 0.311. The smallest absolute Gasteiger partial charge is 0.406 e. The van der Waals surface area contributed by atoms with Gasteiger partial charge in [0.05, 0.1) is 5.03 Å². The van der Waals surface area contributed by atoms with Crippen LogP contribution >= 0.6 is 34.1 Å². The maximum atomic E-state index is 14.1. The molecule has 0 aromatic carbocycles. The van der Waals surface area contributed by atoms with Crippen molar-refractivity contribution >= 4 is 45.9 Å². The normalized spacial score (nSPS) is 19.8. The van der Waals surface area contributed by atoms with E-state index in [2.05, 4.69) is 14.7 Å². The molecule has 0 radical (unpaired) electrons. The molecule has 126 valence electrons. The molecule has 0 fully saturated rings. The van der Waals surface area contributed by atoms with Crippen LogP contribution in [0.15, 0.2) is 26.3 Å². The molecule has 12 heteroatoms. The van der Waals surface area contributed by atoms with E-state index >= 15 is 0 Å². The molecule has 23 heavy (non-hydrogen) atoms. The molecule has 0 amide bonds. The van der Waals surface area contributed by atoms with E-state index in [0.717, 1.165) is 12.3 Å². The van der Waals surface area contributed by atoms with E-state index in [0.29, 0.717) is 0 Å². The zero-order valence-electron chi connectivity index (χ0n) is 11.1. The summed E-state index contributed by atoms with van der Waals surface area (Å²) in [4.78, 5) is 18.3. The quantitative estimate of drug-likeness (QED) is 0.346. The zero-order valence-corrected chi connectivity index (χ0v) is 13.5. The van der Waals surface area contributed by atoms with E-state index in [-0.39, 0.29) is 10.8 Å². The Hall–Kier alpha value is -1.52. The number of nitrogens with zero attached hydrogens (tertiary/aromatic N) is 2. The van der Waals surface area contributed by atoms with Crippen molar-refractivity contribution in [2.45, 2.75) is 18.3 Å². The van der Waals surface area contributed by atoms with E-state index in [4.69, 9.17) is 28.9 Å². The second-order valence-electron chi connectivity index (χ2n) is 4.13. The lowest BCUT2D eigenvalue weighted by Gasteiger charge is -2.14. The van der Waals surface area contributed by atoms with Gasteiger partial charge in [-0.25, -0.2) is 4.98 Å². The van der Waals surface area contributed by atoms with Crippen LogP contribution in [0.25, 0.3) is 0 Å². The predicted octanol–water partition coefficient (Wildman–Crippen LogP) is 3.83. The molecule has 1 aliphatic rings. The average molecular weight is 392 g/mol. The molecule has 1 unspecified atom stereocenters. The Morgan fingerprint density at radius 2 is 1.96 bits per heavy atom. The van der Waals surface area contributed by atoms with Gasteiger partial charge >= 0.3 is 12.1 Å². The van der Waals surface area contributed by atoms with Crippen LogP contribution in [0.4, 0.5) is 23.4 Å². The van der Waals surface area contributed by atoms with E-state index in [1.807, 2.05) is 0 Å². The Morgan fingerprint density at radius 1 is 1.35 bits per heavy atom. The number of allylic oxidation sites excluding steroid dienone is 2. The fourth-order valence-electron chi connectivity index (χ4n) is 1.59. The minimum Gasteiger partial charge on any atom is -0.406 e. The van der Waals surface area contributed by atoms with Gasteiger partial charge in [-0.2, -0.15) is 22.5 Å². The molecule has 1 aromatic heterocycles. The molecule has 0 saturated heterocycles. The molecule has 1 aromatic rings. The fourth-order valence-corrected chi connectivity index (χ4v) is 3.93. The summed E-state index contributed by atoms with van der Waals surface area (Å²) >= 11 is 11.2. The Bertz CT molecular complexity index is 752. The second kappa shape index (κ2) is 6.17. The van der Waals surface area contributed by atoms with Crippen LogP contribution in [0.1, 0.15) is 6.92 Å². The van der Waals surface area contributed by atoms with Gasteiger partial charge in [-0.05, 0) is 5.41 Å². The van der Waals surface area contributed by atoms with Crippen LogP contribution < -0.4 is 10.5 Å². The summed E-state index contributed by atoms with van der Waals surface area (Å²) < 4.78 is 57.1. The number of anilines is 1. The Morgan fingerprint density at radius 3 is 2.43 bits per heavy atom. The number of nitrogen functional groups attached to an aromatic ring is 1. The van der Waals surface area contributed by atoms with Gasteiger partial charge in [0.25, 0.3) is 0 Å². The lowest BCUT2D eigenvalue weighted by atomic mass is 10.3. The van der Waals surface area contributed by atoms with Crippen molar-refractivity contribution in [3.8, 4) is 5.88 Å². The van der Waals surface area contributed by atoms with E-state index in [1.165, 1.54) is 0 Å². The zero-order chi connectivity index (χ0) is 17.5. The largest absolute Gasteiger partial charge is 0.421 e. The molecule has 2 heterocycles. The Balaban J connectivity index is 2.54. The summed E-state index contributed by atoms with van der Waals surface area (Å²) in [6, 6.07) is 0. The fraction of sp³-hybridized carbons (Fsp3) is 0.182. The predicted molar refractivity (Wildman–Crippen MR) is 78.1 cm³/mol. The van der Waals surface area contributed by atoms with Gasteiger partial charge in [-0.3, -0.25) is 4.79 Å². The number of carbonyl (C=O) groups excluding carboxylic acids is 1. The van der Waals surface area contributed by atoms with E-state index in [1.54, 1.807) is 0 Å². The molecule has 1 atom stereocenters. The lowest BCUT2D eigenvalue weighted by molar-refractivity contribution is -0.132. The van der Waals surface area contributed by atoms with Gasteiger partial charge in [0.2, 0.25) is 5.88 Å². The SMILES string of the molecule is CC(=O)Oc1nc([SH]2C=C(Cl)C(C(F)(F)F)=C2F)nc(N)c1Cl. The van der Waals surface area contributed by atoms with E-state index in [9.17, 15) is 22.4 Å². The summed E-state index contributed by atoms with van der Waals surface area (Å²) in [6.07, 6.45) is -4.97. The molecular weight excluding hydrogens is 385 g/mol. The third-order valence-electron chi connectivity index (χ3n) is 2.47. The van der Waals surface area contributed by atoms with E-state index < -0.39 is 49.8 Å². The van der Waals surface area contributed by atoms with Gasteiger partial charge < -0.3 is 10.5 Å². The third-order valence-corrected chi connectivity index (χ3v) is 5.07. The number of esters is 1. The standard InChI is InChI=1S/C11H7Cl2F4N3O2S/c1-3(21)22-9-6(13)8(18)19-10(20-9)23-2-4(12)5(7(23)14)11(15,16)17/h2,23H,1H3,(H2,18,19,20). The van der Waals surface area contributed by atoms with Crippen molar-refractivity contribution in [3.05, 3.63) is 26.2 Å². The third kappa shape index (κ3) is 3.54. The number of rotatable bonds is 2. The monoisotopic (exact) mass is 391 g/mol. The highest BCUT2D eigenvalue weighted by molar-refractivity contribution is 8.22. The van der Waals surface area contributed by atoms with Gasteiger partial charge in [-0.1, -0.05) is 23.2 Å². The molecule has 0 saturated carbocycles. The van der Waals surface area contributed by atoms with Crippen molar-refractivity contribution < 1.29 is 27.1 Å². The number of alkyl halides is 3. The first-order valence-electron chi connectivity index (χ1n) is 5.67. The van der Waals surface area contributed by atoms with Crippen LogP contribution in [-0.2, 0) is 4.79 Å². The Kier molecular flexibility index (Phi) is 4.79. The number of nitrogens with two attached hydrogens (primary N) is 1. The topological polar surface area (TPSA) is 78.1 Å². The van der Waals surface area contributed by atoms with Crippen molar-refractivity contribution in [2.75, 3.05) is 5.73 Å². The average Bonchev–Trinajstić information content (AvgIpc) is 2.69. The Labute approximate surface area is 139 Å². The molecule has 1 aliphatic heterocycles. The van der Waals surface area contributed by atoms with Crippen molar-refractivity contribution in [3.63, 3.8) is 0 Å². The number of carbonyl (C=O) groups is 1. The summed E-state index contributed by atoms with van der Waals surface area (Å²) in [6.45, 7) is 1.05. The second-order valence-corrected chi connectivity index (χ2v) is 6.71. The van der Waals surface area contributed by atoms with Crippen LogP contribution in [0.3, 0.4) is 0 Å². The first-order valence-corrected chi connectivity index (χ1v) is 7.84. The molecule has 0 bridgehead atoms. The number of thiol groups is 1. The molecule has 0 aliphatic carbocycles. The number of aromatic nitrogens is 2. The highest BCUT2D eigenvalue weighted by atomic mass is 35.5. The van der Waals surface area contributed by atoms with Crippen LogP contribution in [0.2, 0.25) is 5.02 Å². The lowest BCUT2D eigenvalue weighted by Crippen LogP contribution is -2.12.